The maximum Gasteiger partial charge on any atom is 0.266 e. The summed E-state index contributed by atoms with van der Waals surface area (Å²) in [5.41, 5.74) is 1.21. The number of ether oxygens (including phenoxy) is 3. The zero-order valence-electron chi connectivity index (χ0n) is 16.9. The minimum Gasteiger partial charge on any atom is -0.494 e. The van der Waals surface area contributed by atoms with Gasteiger partial charge in [-0.25, -0.2) is 0 Å². The Morgan fingerprint density at radius 2 is 1.87 bits per heavy atom. The van der Waals surface area contributed by atoms with Crippen LogP contribution in [0.2, 0.25) is 0 Å². The van der Waals surface area contributed by atoms with Crippen molar-refractivity contribution in [2.75, 3.05) is 25.1 Å². The zero-order valence-corrected chi connectivity index (χ0v) is 19.1. The molecule has 6 nitrogen and oxygen atoms in total. The monoisotopic (exact) mass is 518 g/mol. The number of halogens is 1. The summed E-state index contributed by atoms with van der Waals surface area (Å²) < 4.78 is 17.5. The van der Waals surface area contributed by atoms with Crippen molar-refractivity contribution >= 4 is 40.3 Å². The lowest BCUT2D eigenvalue weighted by atomic mass is 10.1. The smallest absolute Gasteiger partial charge is 0.266 e. The summed E-state index contributed by atoms with van der Waals surface area (Å²) in [5, 5.41) is 12.2. The quantitative estimate of drug-likeness (QED) is 0.203. The first-order valence-electron chi connectivity index (χ1n) is 9.38. The SMILES string of the molecule is C=CCOc1c(I)cc(/C=C(/C#N)C(=O)Nc2ccc(OCC)cc2)cc1OCC. The van der Waals surface area contributed by atoms with Gasteiger partial charge in [0.2, 0.25) is 0 Å². The maximum absolute atomic E-state index is 12.6. The molecule has 0 fully saturated rings. The van der Waals surface area contributed by atoms with Gasteiger partial charge in [0.15, 0.2) is 11.5 Å². The molecule has 156 valence electrons. The first-order valence-corrected chi connectivity index (χ1v) is 10.5. The fourth-order valence-corrected chi connectivity index (χ4v) is 3.31. The van der Waals surface area contributed by atoms with E-state index in [9.17, 15) is 10.1 Å². The number of rotatable bonds is 10. The minimum absolute atomic E-state index is 0.0260. The molecule has 0 aromatic heterocycles. The summed E-state index contributed by atoms with van der Waals surface area (Å²) >= 11 is 2.13. The van der Waals surface area contributed by atoms with E-state index in [0.29, 0.717) is 48.3 Å². The van der Waals surface area contributed by atoms with Gasteiger partial charge in [-0.3, -0.25) is 4.79 Å². The molecule has 0 saturated carbocycles. The summed E-state index contributed by atoms with van der Waals surface area (Å²) in [6, 6.07) is 12.5. The van der Waals surface area contributed by atoms with E-state index in [1.807, 2.05) is 26.0 Å². The number of carbonyl (C=O) groups excluding carboxylic acids is 1. The summed E-state index contributed by atoms with van der Waals surface area (Å²) in [5.74, 6) is 1.36. The highest BCUT2D eigenvalue weighted by molar-refractivity contribution is 14.1. The van der Waals surface area contributed by atoms with E-state index >= 15 is 0 Å². The fourth-order valence-electron chi connectivity index (χ4n) is 2.53. The fraction of sp³-hybridized carbons (Fsp3) is 0.217. The van der Waals surface area contributed by atoms with Crippen LogP contribution >= 0.6 is 22.6 Å². The number of nitriles is 1. The number of nitrogens with zero attached hydrogens (tertiary/aromatic N) is 1. The van der Waals surface area contributed by atoms with Crippen LogP contribution in [0.15, 0.2) is 54.6 Å². The van der Waals surface area contributed by atoms with Gasteiger partial charge >= 0.3 is 0 Å². The molecule has 1 amide bonds. The predicted octanol–water partition coefficient (Wildman–Crippen LogP) is 5.20. The summed E-state index contributed by atoms with van der Waals surface area (Å²) in [6.45, 7) is 8.79. The van der Waals surface area contributed by atoms with E-state index < -0.39 is 5.91 Å². The number of benzene rings is 2. The van der Waals surface area contributed by atoms with Crippen LogP contribution in [0.5, 0.6) is 17.2 Å². The average molecular weight is 518 g/mol. The molecule has 0 aliphatic carbocycles. The van der Waals surface area contributed by atoms with Crippen LogP contribution in [0.4, 0.5) is 5.69 Å². The molecule has 0 aliphatic rings. The van der Waals surface area contributed by atoms with Crippen LogP contribution < -0.4 is 19.5 Å². The lowest BCUT2D eigenvalue weighted by Crippen LogP contribution is -2.13. The van der Waals surface area contributed by atoms with Gasteiger partial charge in [-0.15, -0.1) is 0 Å². The number of hydrogen-bond donors (Lipinski definition) is 1. The molecule has 2 aromatic rings. The molecule has 0 saturated heterocycles. The van der Waals surface area contributed by atoms with Gasteiger partial charge in [-0.05, 0) is 84.5 Å². The van der Waals surface area contributed by atoms with Gasteiger partial charge in [0, 0.05) is 5.69 Å². The molecule has 1 N–H and O–H groups in total. The van der Waals surface area contributed by atoms with E-state index in [2.05, 4.69) is 34.5 Å². The van der Waals surface area contributed by atoms with Crippen LogP contribution in [0.3, 0.4) is 0 Å². The van der Waals surface area contributed by atoms with Crippen LogP contribution in [0, 0.1) is 14.9 Å². The third-order valence-electron chi connectivity index (χ3n) is 3.78. The van der Waals surface area contributed by atoms with Crippen molar-refractivity contribution in [3.05, 3.63) is 63.8 Å². The van der Waals surface area contributed by atoms with Crippen molar-refractivity contribution in [3.63, 3.8) is 0 Å². The first-order chi connectivity index (χ1) is 14.5. The van der Waals surface area contributed by atoms with Gasteiger partial charge in [-0.1, -0.05) is 12.7 Å². The van der Waals surface area contributed by atoms with Crippen molar-refractivity contribution in [2.45, 2.75) is 13.8 Å². The average Bonchev–Trinajstić information content (AvgIpc) is 2.73. The van der Waals surface area contributed by atoms with Gasteiger partial charge in [-0.2, -0.15) is 5.26 Å². The summed E-state index contributed by atoms with van der Waals surface area (Å²) in [4.78, 5) is 12.6. The normalized spacial score (nSPS) is 10.7. The first kappa shape index (κ1) is 23.3. The van der Waals surface area contributed by atoms with E-state index in [1.54, 1.807) is 36.4 Å². The minimum atomic E-state index is -0.499. The molecule has 0 spiro atoms. The third kappa shape index (κ3) is 6.52. The number of carbonyl (C=O) groups is 1. The maximum atomic E-state index is 12.6. The second kappa shape index (κ2) is 11.9. The van der Waals surface area contributed by atoms with Gasteiger partial charge in [0.1, 0.15) is 24.0 Å². The van der Waals surface area contributed by atoms with Crippen molar-refractivity contribution < 1.29 is 19.0 Å². The Morgan fingerprint density at radius 3 is 2.47 bits per heavy atom. The molecule has 0 aliphatic heterocycles. The lowest BCUT2D eigenvalue weighted by molar-refractivity contribution is -0.112. The Labute approximate surface area is 190 Å². The van der Waals surface area contributed by atoms with Crippen molar-refractivity contribution in [3.8, 4) is 23.3 Å². The number of nitrogens with one attached hydrogen (secondary N) is 1. The number of hydrogen-bond acceptors (Lipinski definition) is 5. The van der Waals surface area contributed by atoms with Crippen molar-refractivity contribution in [1.82, 2.24) is 0 Å². The van der Waals surface area contributed by atoms with Crippen LogP contribution in [0.1, 0.15) is 19.4 Å². The molecular weight excluding hydrogens is 495 g/mol. The summed E-state index contributed by atoms with van der Waals surface area (Å²) in [7, 11) is 0. The van der Waals surface area contributed by atoms with Gasteiger partial charge in [0.25, 0.3) is 5.91 Å². The Balaban J connectivity index is 2.26. The molecule has 7 heteroatoms. The van der Waals surface area contributed by atoms with E-state index in [4.69, 9.17) is 14.2 Å². The van der Waals surface area contributed by atoms with Crippen LogP contribution in [-0.4, -0.2) is 25.7 Å². The topological polar surface area (TPSA) is 80.6 Å². The van der Waals surface area contributed by atoms with E-state index in [0.717, 1.165) is 3.57 Å². The highest BCUT2D eigenvalue weighted by Gasteiger charge is 2.14. The van der Waals surface area contributed by atoms with Crippen LogP contribution in [-0.2, 0) is 4.79 Å². The molecule has 0 radical (unpaired) electrons. The van der Waals surface area contributed by atoms with Gasteiger partial charge in [0.05, 0.1) is 16.8 Å². The predicted molar refractivity (Wildman–Crippen MR) is 126 cm³/mol. The lowest BCUT2D eigenvalue weighted by Gasteiger charge is -2.14. The van der Waals surface area contributed by atoms with E-state index in [1.165, 1.54) is 6.08 Å². The summed E-state index contributed by atoms with van der Waals surface area (Å²) in [6.07, 6.45) is 3.17. The third-order valence-corrected chi connectivity index (χ3v) is 4.58. The largest absolute Gasteiger partial charge is 0.494 e. The Hall–Kier alpha value is -2.99. The molecule has 2 rings (SSSR count). The molecule has 0 atom stereocenters. The number of amides is 1. The molecular formula is C23H23IN2O4. The highest BCUT2D eigenvalue weighted by atomic mass is 127. The van der Waals surface area contributed by atoms with Gasteiger partial charge < -0.3 is 19.5 Å². The number of anilines is 1. The molecule has 0 unspecified atom stereocenters. The molecule has 0 bridgehead atoms. The molecule has 0 heterocycles. The zero-order chi connectivity index (χ0) is 21.9. The highest BCUT2D eigenvalue weighted by Crippen LogP contribution is 2.35. The molecule has 2 aromatic carbocycles. The Bertz CT molecular complexity index is 962. The van der Waals surface area contributed by atoms with Crippen molar-refractivity contribution in [2.24, 2.45) is 0 Å². The Kier molecular flexibility index (Phi) is 9.22. The second-order valence-electron chi connectivity index (χ2n) is 5.94. The van der Waals surface area contributed by atoms with Crippen LogP contribution in [0.25, 0.3) is 6.08 Å². The molecule has 30 heavy (non-hydrogen) atoms. The van der Waals surface area contributed by atoms with E-state index in [-0.39, 0.29) is 5.57 Å². The second-order valence-corrected chi connectivity index (χ2v) is 7.11. The van der Waals surface area contributed by atoms with Crippen molar-refractivity contribution in [1.29, 1.82) is 5.26 Å². The Morgan fingerprint density at radius 1 is 1.17 bits per heavy atom. The standard InChI is InChI=1S/C23H23IN2O4/c1-4-11-30-22-20(24)13-16(14-21(22)29-6-3)12-17(15-25)23(27)26-18-7-9-19(10-8-18)28-5-2/h4,7-10,12-14H,1,5-6,11H2,2-3H3,(H,26,27)/b17-12-.